The molecule has 1 fully saturated rings. The van der Waals surface area contributed by atoms with Crippen molar-refractivity contribution < 1.29 is 4.74 Å². The van der Waals surface area contributed by atoms with Crippen LogP contribution >= 0.6 is 0 Å². The van der Waals surface area contributed by atoms with Gasteiger partial charge in [0.05, 0.1) is 6.10 Å². The molecule has 1 aliphatic carbocycles. The molecule has 1 aromatic rings. The molecule has 110 valence electrons. The van der Waals surface area contributed by atoms with Gasteiger partial charge in [-0.25, -0.2) is 0 Å². The maximum absolute atomic E-state index is 5.80. The van der Waals surface area contributed by atoms with Gasteiger partial charge < -0.3 is 15.4 Å². The van der Waals surface area contributed by atoms with Crippen LogP contribution in [0.1, 0.15) is 38.7 Å². The molecule has 1 saturated carbocycles. The van der Waals surface area contributed by atoms with Crippen molar-refractivity contribution in [1.82, 2.24) is 5.32 Å². The van der Waals surface area contributed by atoms with Gasteiger partial charge in [-0.2, -0.15) is 0 Å². The number of hydrogen-bond acceptors (Lipinski definition) is 3. The lowest BCUT2D eigenvalue weighted by Crippen LogP contribution is -2.61. The summed E-state index contributed by atoms with van der Waals surface area (Å²) in [6.07, 6.45) is 1.56. The van der Waals surface area contributed by atoms with Gasteiger partial charge in [-0.15, -0.1) is 0 Å². The van der Waals surface area contributed by atoms with Gasteiger partial charge >= 0.3 is 0 Å². The fraction of sp³-hybridized carbons (Fsp3) is 0.647. The highest BCUT2D eigenvalue weighted by atomic mass is 16.5. The molecule has 0 radical (unpaired) electrons. The van der Waals surface area contributed by atoms with Crippen molar-refractivity contribution in [1.29, 1.82) is 0 Å². The standard InChI is InChI=1S/C17H26N2O/c1-4-20-16-9-15(17(16,2)3)19-11-12-10-18-14-8-6-5-7-13(12)14/h5-8,12,15-16,18-19H,4,9-11H2,1-3H3. The van der Waals surface area contributed by atoms with E-state index in [0.29, 0.717) is 18.1 Å². The first kappa shape index (κ1) is 13.9. The van der Waals surface area contributed by atoms with E-state index in [9.17, 15) is 0 Å². The highest BCUT2D eigenvalue weighted by molar-refractivity contribution is 5.57. The Morgan fingerprint density at radius 1 is 1.35 bits per heavy atom. The first-order chi connectivity index (χ1) is 9.63. The third kappa shape index (κ3) is 2.33. The van der Waals surface area contributed by atoms with Crippen LogP contribution in [-0.2, 0) is 4.74 Å². The molecule has 0 aromatic heterocycles. The van der Waals surface area contributed by atoms with Gasteiger partial charge in [0.25, 0.3) is 0 Å². The second kappa shape index (κ2) is 5.38. The molecule has 3 nitrogen and oxygen atoms in total. The Morgan fingerprint density at radius 3 is 2.90 bits per heavy atom. The van der Waals surface area contributed by atoms with Gasteiger partial charge in [0, 0.05) is 42.8 Å². The Hall–Kier alpha value is -1.06. The zero-order chi connectivity index (χ0) is 14.2. The molecule has 1 aliphatic heterocycles. The molecular formula is C17H26N2O. The van der Waals surface area contributed by atoms with E-state index in [1.165, 1.54) is 11.3 Å². The van der Waals surface area contributed by atoms with Crippen LogP contribution in [0.2, 0.25) is 0 Å². The fourth-order valence-corrected chi connectivity index (χ4v) is 3.54. The van der Waals surface area contributed by atoms with E-state index in [1.54, 1.807) is 0 Å². The van der Waals surface area contributed by atoms with Gasteiger partial charge in [-0.3, -0.25) is 0 Å². The molecule has 3 unspecified atom stereocenters. The average molecular weight is 274 g/mol. The number of nitrogens with one attached hydrogen (secondary N) is 2. The SMILES string of the molecule is CCOC1CC(NCC2CNc3ccccc32)C1(C)C. The number of anilines is 1. The van der Waals surface area contributed by atoms with Gasteiger partial charge in [0.2, 0.25) is 0 Å². The molecular weight excluding hydrogens is 248 g/mol. The van der Waals surface area contributed by atoms with Gasteiger partial charge in [0.1, 0.15) is 0 Å². The predicted molar refractivity (Wildman–Crippen MR) is 83.3 cm³/mol. The van der Waals surface area contributed by atoms with Crippen LogP contribution in [0.4, 0.5) is 5.69 Å². The highest BCUT2D eigenvalue weighted by Crippen LogP contribution is 2.43. The number of hydrogen-bond donors (Lipinski definition) is 2. The van der Waals surface area contributed by atoms with E-state index in [1.807, 2.05) is 0 Å². The molecule has 3 rings (SSSR count). The largest absolute Gasteiger partial charge is 0.384 e. The minimum atomic E-state index is 0.252. The van der Waals surface area contributed by atoms with Crippen LogP contribution in [0.25, 0.3) is 0 Å². The molecule has 3 atom stereocenters. The zero-order valence-electron chi connectivity index (χ0n) is 12.8. The molecule has 1 aromatic carbocycles. The van der Waals surface area contributed by atoms with Gasteiger partial charge in [0.15, 0.2) is 0 Å². The van der Waals surface area contributed by atoms with Crippen LogP contribution < -0.4 is 10.6 Å². The summed E-state index contributed by atoms with van der Waals surface area (Å²) in [6, 6.07) is 9.23. The first-order valence-electron chi connectivity index (χ1n) is 7.80. The van der Waals surface area contributed by atoms with Crippen LogP contribution in [0, 0.1) is 5.41 Å². The van der Waals surface area contributed by atoms with Crippen LogP contribution in [-0.4, -0.2) is 31.8 Å². The molecule has 2 N–H and O–H groups in total. The first-order valence-corrected chi connectivity index (χ1v) is 7.80. The smallest absolute Gasteiger partial charge is 0.0655 e. The molecule has 0 bridgehead atoms. The predicted octanol–water partition coefficient (Wildman–Crippen LogP) is 2.99. The second-order valence-electron chi connectivity index (χ2n) is 6.63. The summed E-state index contributed by atoms with van der Waals surface area (Å²) >= 11 is 0. The molecule has 1 heterocycles. The quantitative estimate of drug-likeness (QED) is 0.866. The van der Waals surface area contributed by atoms with E-state index in [0.717, 1.165) is 26.1 Å². The van der Waals surface area contributed by atoms with Crippen molar-refractivity contribution in [2.75, 3.05) is 25.0 Å². The number of para-hydroxylation sites is 1. The van der Waals surface area contributed by atoms with E-state index < -0.39 is 0 Å². The number of benzene rings is 1. The lowest BCUT2D eigenvalue weighted by Gasteiger charge is -2.52. The molecule has 3 heteroatoms. The lowest BCUT2D eigenvalue weighted by atomic mass is 9.64. The maximum Gasteiger partial charge on any atom is 0.0655 e. The Labute approximate surface area is 122 Å². The van der Waals surface area contributed by atoms with E-state index >= 15 is 0 Å². The van der Waals surface area contributed by atoms with Gasteiger partial charge in [-0.1, -0.05) is 32.0 Å². The topological polar surface area (TPSA) is 33.3 Å². The molecule has 0 saturated heterocycles. The second-order valence-corrected chi connectivity index (χ2v) is 6.63. The third-order valence-electron chi connectivity index (χ3n) is 5.10. The molecule has 2 aliphatic rings. The van der Waals surface area contributed by atoms with Crippen molar-refractivity contribution in [3.8, 4) is 0 Å². The summed E-state index contributed by atoms with van der Waals surface area (Å²) in [5.74, 6) is 0.591. The normalized spacial score (nSPS) is 30.4. The Morgan fingerprint density at radius 2 is 2.15 bits per heavy atom. The Balaban J connectivity index is 1.55. The summed E-state index contributed by atoms with van der Waals surface area (Å²) < 4.78 is 5.80. The summed E-state index contributed by atoms with van der Waals surface area (Å²) in [7, 11) is 0. The minimum Gasteiger partial charge on any atom is -0.384 e. The molecule has 0 spiro atoms. The summed E-state index contributed by atoms with van der Waals surface area (Å²) in [6.45, 7) is 9.63. The summed E-state index contributed by atoms with van der Waals surface area (Å²) in [5, 5.41) is 7.26. The van der Waals surface area contributed by atoms with E-state index in [-0.39, 0.29) is 5.41 Å². The van der Waals surface area contributed by atoms with Crippen molar-refractivity contribution in [2.45, 2.75) is 45.3 Å². The number of ether oxygens (including phenoxy) is 1. The van der Waals surface area contributed by atoms with Crippen molar-refractivity contribution in [2.24, 2.45) is 5.41 Å². The van der Waals surface area contributed by atoms with Crippen LogP contribution in [0.3, 0.4) is 0 Å². The van der Waals surface area contributed by atoms with Crippen molar-refractivity contribution >= 4 is 5.69 Å². The van der Waals surface area contributed by atoms with Crippen molar-refractivity contribution in [3.05, 3.63) is 29.8 Å². The Kier molecular flexibility index (Phi) is 3.74. The van der Waals surface area contributed by atoms with E-state index in [2.05, 4.69) is 55.7 Å². The third-order valence-corrected chi connectivity index (χ3v) is 5.10. The fourth-order valence-electron chi connectivity index (χ4n) is 3.54. The molecule has 20 heavy (non-hydrogen) atoms. The van der Waals surface area contributed by atoms with Crippen molar-refractivity contribution in [3.63, 3.8) is 0 Å². The maximum atomic E-state index is 5.80. The Bertz CT molecular complexity index is 472. The summed E-state index contributed by atoms with van der Waals surface area (Å²) in [5.41, 5.74) is 3.01. The highest BCUT2D eigenvalue weighted by Gasteiger charge is 2.48. The number of fused-ring (bicyclic) bond motifs is 1. The lowest BCUT2D eigenvalue weighted by molar-refractivity contribution is -0.114. The zero-order valence-corrected chi connectivity index (χ0v) is 12.8. The molecule has 0 amide bonds. The van der Waals surface area contributed by atoms with Crippen LogP contribution in [0.5, 0.6) is 0 Å². The summed E-state index contributed by atoms with van der Waals surface area (Å²) in [4.78, 5) is 0. The number of rotatable bonds is 5. The van der Waals surface area contributed by atoms with Crippen LogP contribution in [0.15, 0.2) is 24.3 Å². The van der Waals surface area contributed by atoms with E-state index in [4.69, 9.17) is 4.74 Å². The minimum absolute atomic E-state index is 0.252. The average Bonchev–Trinajstić information content (AvgIpc) is 2.85. The van der Waals surface area contributed by atoms with Gasteiger partial charge in [-0.05, 0) is 25.0 Å². The monoisotopic (exact) mass is 274 g/mol.